The van der Waals surface area contributed by atoms with Crippen LogP contribution in [-0.2, 0) is 0 Å². The van der Waals surface area contributed by atoms with Gasteiger partial charge in [0.2, 0.25) is 0 Å². The van der Waals surface area contributed by atoms with Crippen molar-refractivity contribution in [3.05, 3.63) is 150 Å². The third-order valence-electron chi connectivity index (χ3n) is 12.4. The summed E-state index contributed by atoms with van der Waals surface area (Å²) in [4.78, 5) is 26.2. The zero-order chi connectivity index (χ0) is 49.4. The summed E-state index contributed by atoms with van der Waals surface area (Å²) in [5.41, 5.74) is 4.88. The van der Waals surface area contributed by atoms with Gasteiger partial charge in [-0.2, -0.15) is 0 Å². The first-order valence-electron chi connectivity index (χ1n) is 26.3. The van der Waals surface area contributed by atoms with Crippen molar-refractivity contribution in [3.63, 3.8) is 0 Å². The molecule has 5 aromatic rings. The van der Waals surface area contributed by atoms with E-state index < -0.39 is 11.9 Å². The molecule has 5 aromatic carbocycles. The Morgan fingerprint density at radius 1 is 0.386 bits per heavy atom. The van der Waals surface area contributed by atoms with Crippen molar-refractivity contribution in [1.82, 2.24) is 0 Å². The number of rotatable bonds is 34. The van der Waals surface area contributed by atoms with Crippen LogP contribution in [0, 0.1) is 7.14 Å². The Labute approximate surface area is 447 Å². The molecular formula is C62H76I2O6. The fourth-order valence-corrected chi connectivity index (χ4v) is 9.54. The van der Waals surface area contributed by atoms with Crippen LogP contribution < -0.4 is 18.9 Å². The van der Waals surface area contributed by atoms with Crippen LogP contribution in [0.3, 0.4) is 0 Å². The van der Waals surface area contributed by atoms with Crippen molar-refractivity contribution in [2.24, 2.45) is 0 Å². The molecule has 0 unspecified atom stereocenters. The summed E-state index contributed by atoms with van der Waals surface area (Å²) in [5.74, 6) is 1.39. The van der Waals surface area contributed by atoms with Gasteiger partial charge in [0.1, 0.15) is 23.0 Å². The molecule has 8 heteroatoms. The Hall–Kier alpha value is -4.42. The molecule has 0 fully saturated rings. The van der Waals surface area contributed by atoms with Gasteiger partial charge in [0.25, 0.3) is 0 Å². The van der Waals surface area contributed by atoms with Crippen LogP contribution in [0.1, 0.15) is 198 Å². The van der Waals surface area contributed by atoms with Crippen molar-refractivity contribution < 1.29 is 28.5 Å². The second-order valence-electron chi connectivity index (χ2n) is 18.3. The second-order valence-corrected chi connectivity index (χ2v) is 20.6. The largest absolute Gasteiger partial charge is 0.492 e. The molecule has 374 valence electrons. The number of hydrogen-bond acceptors (Lipinski definition) is 6. The van der Waals surface area contributed by atoms with Crippen molar-refractivity contribution in [2.45, 2.75) is 155 Å². The third-order valence-corrected chi connectivity index (χ3v) is 14.1. The molecule has 5 rings (SSSR count). The lowest BCUT2D eigenvalue weighted by molar-refractivity contribution is 0.0732. The number of carbonyl (C=O) groups excluding carboxylic acids is 2. The molecule has 0 saturated carbocycles. The monoisotopic (exact) mass is 1170 g/mol. The molecule has 0 atom stereocenters. The zero-order valence-corrected chi connectivity index (χ0v) is 46.2. The Morgan fingerprint density at radius 3 is 1.04 bits per heavy atom. The van der Waals surface area contributed by atoms with Crippen molar-refractivity contribution in [3.8, 4) is 23.0 Å². The first-order chi connectivity index (χ1) is 34.3. The quantitative estimate of drug-likeness (QED) is 0.0134. The highest BCUT2D eigenvalue weighted by Crippen LogP contribution is 2.27. The lowest BCUT2D eigenvalue weighted by Crippen LogP contribution is -2.10. The first kappa shape index (κ1) is 56.5. The molecule has 70 heavy (non-hydrogen) atoms. The van der Waals surface area contributed by atoms with Gasteiger partial charge in [-0.25, -0.2) is 9.59 Å². The molecule has 0 radical (unpaired) electrons. The van der Waals surface area contributed by atoms with Crippen LogP contribution in [0.5, 0.6) is 23.0 Å². The van der Waals surface area contributed by atoms with Crippen LogP contribution in [0.15, 0.2) is 109 Å². The summed E-state index contributed by atoms with van der Waals surface area (Å²) < 4.78 is 25.7. The van der Waals surface area contributed by atoms with Gasteiger partial charge in [0, 0.05) is 6.07 Å². The summed E-state index contributed by atoms with van der Waals surface area (Å²) in [7, 11) is 0. The summed E-state index contributed by atoms with van der Waals surface area (Å²) in [5, 5.41) is 0. The average molecular weight is 1170 g/mol. The Bertz CT molecular complexity index is 2170. The van der Waals surface area contributed by atoms with Gasteiger partial charge < -0.3 is 18.9 Å². The highest BCUT2D eigenvalue weighted by atomic mass is 127. The summed E-state index contributed by atoms with van der Waals surface area (Å²) in [6.45, 7) is 6.04. The van der Waals surface area contributed by atoms with Gasteiger partial charge in [-0.3, -0.25) is 0 Å². The molecule has 0 spiro atoms. The molecule has 0 aliphatic heterocycles. The molecule has 0 heterocycles. The minimum atomic E-state index is -0.505. The van der Waals surface area contributed by atoms with E-state index in [1.54, 1.807) is 42.5 Å². The number of esters is 2. The number of benzene rings is 5. The first-order valence-corrected chi connectivity index (χ1v) is 28.4. The van der Waals surface area contributed by atoms with Crippen molar-refractivity contribution in [1.29, 1.82) is 0 Å². The number of halogens is 2. The number of ether oxygens (including phenoxy) is 4. The maximum absolute atomic E-state index is 13.1. The topological polar surface area (TPSA) is 71.1 Å². The Kier molecular flexibility index (Phi) is 27.5. The van der Waals surface area contributed by atoms with Gasteiger partial charge in [-0.05, 0) is 141 Å². The Balaban J connectivity index is 0.983. The molecule has 0 amide bonds. The van der Waals surface area contributed by atoms with Crippen LogP contribution >= 0.6 is 45.2 Å². The standard InChI is InChI=1S/C62H76I2O6/c1-3-5-7-9-11-13-15-17-19-21-23-44-67-59-42-36-51(46-57(59)63)30-28-49-32-38-53(39-33-49)61(65)69-55-26-25-27-56(48-55)70-62(66)54-40-34-50(35-41-54)29-31-52-37-43-60(58(64)47-52)68-45-24-22-20-18-16-14-12-10-8-6-4-2/h25-43,46-48H,3-24,44-45H2,1-2H3/b30-28+,31-29+. The maximum Gasteiger partial charge on any atom is 0.343 e. The normalized spacial score (nSPS) is 11.4. The lowest BCUT2D eigenvalue weighted by atomic mass is 10.1. The van der Waals surface area contributed by atoms with Gasteiger partial charge in [-0.1, -0.05) is 209 Å². The van der Waals surface area contributed by atoms with E-state index in [1.165, 1.54) is 134 Å². The van der Waals surface area contributed by atoms with Crippen LogP contribution in [0.2, 0.25) is 0 Å². The fourth-order valence-electron chi connectivity index (χ4n) is 8.15. The molecule has 6 nitrogen and oxygen atoms in total. The number of carbonyl (C=O) groups is 2. The van der Waals surface area contributed by atoms with E-state index in [4.69, 9.17) is 18.9 Å². The highest BCUT2D eigenvalue weighted by molar-refractivity contribution is 14.1. The number of hydrogen-bond donors (Lipinski definition) is 0. The molecule has 0 bridgehead atoms. The molecular weight excluding hydrogens is 1090 g/mol. The van der Waals surface area contributed by atoms with Gasteiger partial charge in [0.05, 0.1) is 31.5 Å². The summed E-state index contributed by atoms with van der Waals surface area (Å²) in [6, 6.07) is 33.5. The molecule has 0 aromatic heterocycles. The fraction of sp³-hybridized carbons (Fsp3) is 0.419. The van der Waals surface area contributed by atoms with Gasteiger partial charge in [-0.15, -0.1) is 0 Å². The Morgan fingerprint density at radius 2 is 0.700 bits per heavy atom. The lowest BCUT2D eigenvalue weighted by Gasteiger charge is -2.09. The molecule has 0 aliphatic carbocycles. The summed E-state index contributed by atoms with van der Waals surface area (Å²) >= 11 is 4.68. The number of unbranched alkanes of at least 4 members (excludes halogenated alkanes) is 20. The predicted octanol–water partition coefficient (Wildman–Crippen LogP) is 19.1. The highest BCUT2D eigenvalue weighted by Gasteiger charge is 2.13. The van der Waals surface area contributed by atoms with E-state index in [9.17, 15) is 9.59 Å². The maximum atomic E-state index is 13.1. The molecule has 0 aliphatic rings. The smallest absolute Gasteiger partial charge is 0.343 e. The zero-order valence-electron chi connectivity index (χ0n) is 41.9. The minimum absolute atomic E-state index is 0.277. The van der Waals surface area contributed by atoms with Crippen LogP contribution in [-0.4, -0.2) is 25.2 Å². The van der Waals surface area contributed by atoms with E-state index in [0.717, 1.165) is 66.9 Å². The van der Waals surface area contributed by atoms with E-state index in [-0.39, 0.29) is 11.5 Å². The molecule has 0 N–H and O–H groups in total. The van der Waals surface area contributed by atoms with Gasteiger partial charge >= 0.3 is 11.9 Å². The minimum Gasteiger partial charge on any atom is -0.492 e. The van der Waals surface area contributed by atoms with E-state index in [1.807, 2.05) is 48.6 Å². The molecule has 0 saturated heterocycles. The van der Waals surface area contributed by atoms with Crippen LogP contribution in [0.4, 0.5) is 0 Å². The van der Waals surface area contributed by atoms with Crippen molar-refractivity contribution in [2.75, 3.05) is 13.2 Å². The third kappa shape index (κ3) is 22.3. The summed E-state index contributed by atoms with van der Waals surface area (Å²) in [6.07, 6.45) is 37.2. The van der Waals surface area contributed by atoms with E-state index in [0.29, 0.717) is 11.1 Å². The van der Waals surface area contributed by atoms with Crippen molar-refractivity contribution >= 4 is 81.4 Å². The second kappa shape index (κ2) is 34.0. The van der Waals surface area contributed by atoms with E-state index in [2.05, 4.69) is 95.4 Å². The predicted molar refractivity (Wildman–Crippen MR) is 309 cm³/mol. The average Bonchev–Trinajstić information content (AvgIpc) is 3.37. The SMILES string of the molecule is CCCCCCCCCCCCCOc1ccc(/C=C/c2ccc(C(=O)Oc3cccc(OC(=O)c4ccc(/C=C/c5ccc(OCCCCCCCCCCCCC)c(I)c5)cc4)c3)cc2)cc1I. The van der Waals surface area contributed by atoms with Gasteiger partial charge in [0.15, 0.2) is 0 Å². The van der Waals surface area contributed by atoms with Crippen LogP contribution in [0.25, 0.3) is 24.3 Å². The van der Waals surface area contributed by atoms with E-state index >= 15 is 0 Å².